The summed E-state index contributed by atoms with van der Waals surface area (Å²) in [6.07, 6.45) is 2.67. The summed E-state index contributed by atoms with van der Waals surface area (Å²) in [5, 5.41) is 0. The van der Waals surface area contributed by atoms with Gasteiger partial charge in [0, 0.05) is 32.4 Å². The number of amides is 2. The largest absolute Gasteiger partial charge is 0.415 e. The molecular formula is C20H21N5O3. The van der Waals surface area contributed by atoms with Gasteiger partial charge in [0.25, 0.3) is 5.91 Å². The van der Waals surface area contributed by atoms with E-state index in [2.05, 4.69) is 15.0 Å². The lowest BCUT2D eigenvalue weighted by Crippen LogP contribution is -2.51. The molecule has 1 fully saturated rings. The van der Waals surface area contributed by atoms with Crippen LogP contribution in [0.5, 0.6) is 5.75 Å². The van der Waals surface area contributed by atoms with Crippen LogP contribution in [0.2, 0.25) is 0 Å². The second kappa shape index (κ2) is 7.30. The van der Waals surface area contributed by atoms with Crippen molar-refractivity contribution in [3.05, 3.63) is 53.6 Å². The summed E-state index contributed by atoms with van der Waals surface area (Å²) >= 11 is 0. The number of fused-ring (bicyclic) bond motifs is 1. The van der Waals surface area contributed by atoms with E-state index in [-0.39, 0.29) is 5.91 Å². The van der Waals surface area contributed by atoms with Crippen molar-refractivity contribution in [3.8, 4) is 5.75 Å². The third-order valence-electron chi connectivity index (χ3n) is 5.05. The number of pyridine rings is 1. The molecule has 0 bridgehead atoms. The third-order valence-corrected chi connectivity index (χ3v) is 5.05. The molecule has 144 valence electrons. The lowest BCUT2D eigenvalue weighted by Gasteiger charge is -2.33. The number of imidazole rings is 1. The van der Waals surface area contributed by atoms with Crippen LogP contribution in [0.25, 0.3) is 11.0 Å². The van der Waals surface area contributed by atoms with Gasteiger partial charge in [-0.25, -0.2) is 9.78 Å². The van der Waals surface area contributed by atoms with Crippen molar-refractivity contribution >= 4 is 23.0 Å². The number of carbonyl (C=O) groups is 2. The normalized spacial score (nSPS) is 14.4. The Labute approximate surface area is 162 Å². The molecule has 0 spiro atoms. The average molecular weight is 379 g/mol. The number of aryl methyl sites for hydroxylation is 2. The first kappa shape index (κ1) is 18.0. The van der Waals surface area contributed by atoms with E-state index >= 15 is 0 Å². The van der Waals surface area contributed by atoms with Gasteiger partial charge in [-0.1, -0.05) is 6.07 Å². The number of hydrogen-bond donors (Lipinski definition) is 1. The lowest BCUT2D eigenvalue weighted by molar-refractivity contribution is 0.0623. The van der Waals surface area contributed by atoms with Gasteiger partial charge < -0.3 is 19.5 Å². The number of H-pyrrole nitrogens is 1. The van der Waals surface area contributed by atoms with Crippen molar-refractivity contribution in [2.24, 2.45) is 0 Å². The standard InChI is InChI=1S/C20H21N5O3/c1-13-5-6-16-17(14(13)2)23-18(22-16)19(26)24-8-10-25(11-9-24)20(27)28-15-4-3-7-21-12-15/h3-7,12H,8-11H2,1-2H3,(H,22,23). The molecule has 1 aromatic carbocycles. The third kappa shape index (κ3) is 3.40. The van der Waals surface area contributed by atoms with Gasteiger partial charge in [0.15, 0.2) is 11.6 Å². The van der Waals surface area contributed by atoms with Crippen LogP contribution in [-0.2, 0) is 0 Å². The van der Waals surface area contributed by atoms with E-state index in [4.69, 9.17) is 4.74 Å². The summed E-state index contributed by atoms with van der Waals surface area (Å²) in [4.78, 5) is 39.9. The van der Waals surface area contributed by atoms with E-state index < -0.39 is 6.09 Å². The molecule has 1 saturated heterocycles. The second-order valence-corrected chi connectivity index (χ2v) is 6.82. The molecule has 3 aromatic rings. The molecule has 3 heterocycles. The highest BCUT2D eigenvalue weighted by atomic mass is 16.6. The van der Waals surface area contributed by atoms with Crippen molar-refractivity contribution in [1.29, 1.82) is 0 Å². The Morgan fingerprint density at radius 1 is 1.07 bits per heavy atom. The molecule has 0 atom stereocenters. The molecule has 0 aliphatic carbocycles. The predicted molar refractivity (Wildman–Crippen MR) is 103 cm³/mol. The van der Waals surface area contributed by atoms with E-state index in [1.807, 2.05) is 26.0 Å². The summed E-state index contributed by atoms with van der Waals surface area (Å²) < 4.78 is 5.30. The van der Waals surface area contributed by atoms with E-state index in [9.17, 15) is 9.59 Å². The van der Waals surface area contributed by atoms with Gasteiger partial charge in [-0.05, 0) is 43.2 Å². The van der Waals surface area contributed by atoms with Crippen LogP contribution in [-0.4, -0.2) is 62.9 Å². The summed E-state index contributed by atoms with van der Waals surface area (Å²) in [6.45, 7) is 5.69. The smallest absolute Gasteiger partial charge is 0.409 e. The molecule has 1 aliphatic heterocycles. The first-order valence-corrected chi connectivity index (χ1v) is 9.15. The average Bonchev–Trinajstić information content (AvgIpc) is 3.16. The van der Waals surface area contributed by atoms with Crippen molar-refractivity contribution in [2.75, 3.05) is 26.2 Å². The van der Waals surface area contributed by atoms with Gasteiger partial charge in [0.05, 0.1) is 17.2 Å². The molecule has 2 amide bonds. The van der Waals surface area contributed by atoms with Crippen molar-refractivity contribution in [2.45, 2.75) is 13.8 Å². The maximum Gasteiger partial charge on any atom is 0.415 e. The zero-order chi connectivity index (χ0) is 19.7. The number of aromatic amines is 1. The maximum absolute atomic E-state index is 12.8. The van der Waals surface area contributed by atoms with Crippen LogP contribution in [0.15, 0.2) is 36.7 Å². The van der Waals surface area contributed by atoms with Gasteiger partial charge in [-0.3, -0.25) is 9.78 Å². The van der Waals surface area contributed by atoms with Gasteiger partial charge in [0.1, 0.15) is 0 Å². The summed E-state index contributed by atoms with van der Waals surface area (Å²) in [6, 6.07) is 7.33. The Kier molecular flexibility index (Phi) is 4.68. The highest BCUT2D eigenvalue weighted by Gasteiger charge is 2.27. The summed E-state index contributed by atoms with van der Waals surface area (Å²) in [5.74, 6) is 0.572. The maximum atomic E-state index is 12.8. The minimum Gasteiger partial charge on any atom is -0.409 e. The molecule has 0 unspecified atom stereocenters. The molecule has 0 radical (unpaired) electrons. The van der Waals surface area contributed by atoms with Crippen LogP contribution in [0.4, 0.5) is 4.79 Å². The number of aromatic nitrogens is 3. The van der Waals surface area contributed by atoms with Crippen LogP contribution in [0.1, 0.15) is 21.7 Å². The zero-order valence-corrected chi connectivity index (χ0v) is 15.8. The molecule has 1 aliphatic rings. The molecule has 28 heavy (non-hydrogen) atoms. The molecule has 0 saturated carbocycles. The number of piperazine rings is 1. The first-order valence-electron chi connectivity index (χ1n) is 9.15. The van der Waals surface area contributed by atoms with Crippen LogP contribution in [0, 0.1) is 13.8 Å². The quantitative estimate of drug-likeness (QED) is 0.739. The van der Waals surface area contributed by atoms with Crippen LogP contribution >= 0.6 is 0 Å². The highest BCUT2D eigenvalue weighted by molar-refractivity contribution is 5.95. The van der Waals surface area contributed by atoms with Crippen molar-refractivity contribution in [1.82, 2.24) is 24.8 Å². The van der Waals surface area contributed by atoms with E-state index in [1.54, 1.807) is 28.1 Å². The SMILES string of the molecule is Cc1ccc2[nH]c(C(=O)N3CCN(C(=O)Oc4cccnc4)CC3)nc2c1C. The summed E-state index contributed by atoms with van der Waals surface area (Å²) in [7, 11) is 0. The van der Waals surface area contributed by atoms with Gasteiger partial charge in [-0.15, -0.1) is 0 Å². The Balaban J connectivity index is 1.40. The Bertz CT molecular complexity index is 1020. The van der Waals surface area contributed by atoms with Gasteiger partial charge >= 0.3 is 6.09 Å². The fourth-order valence-electron chi connectivity index (χ4n) is 3.23. The van der Waals surface area contributed by atoms with Crippen molar-refractivity contribution in [3.63, 3.8) is 0 Å². The number of ether oxygens (including phenoxy) is 1. The Morgan fingerprint density at radius 3 is 2.54 bits per heavy atom. The first-order chi connectivity index (χ1) is 13.5. The van der Waals surface area contributed by atoms with Crippen molar-refractivity contribution < 1.29 is 14.3 Å². The minimum atomic E-state index is -0.435. The number of benzene rings is 1. The fraction of sp³-hybridized carbons (Fsp3) is 0.300. The Hall–Kier alpha value is -3.42. The lowest BCUT2D eigenvalue weighted by atomic mass is 10.1. The van der Waals surface area contributed by atoms with E-state index in [0.29, 0.717) is 37.8 Å². The van der Waals surface area contributed by atoms with Crippen LogP contribution in [0.3, 0.4) is 0 Å². The Morgan fingerprint density at radius 2 is 1.82 bits per heavy atom. The topological polar surface area (TPSA) is 91.4 Å². The summed E-state index contributed by atoms with van der Waals surface area (Å²) in [5.41, 5.74) is 3.88. The van der Waals surface area contributed by atoms with Crippen LogP contribution < -0.4 is 4.74 Å². The number of nitrogens with one attached hydrogen (secondary N) is 1. The molecular weight excluding hydrogens is 358 g/mol. The second-order valence-electron chi connectivity index (χ2n) is 6.82. The minimum absolute atomic E-state index is 0.159. The van der Waals surface area contributed by atoms with Gasteiger partial charge in [0.2, 0.25) is 0 Å². The predicted octanol–water partition coefficient (Wildman–Crippen LogP) is 2.53. The zero-order valence-electron chi connectivity index (χ0n) is 15.8. The monoisotopic (exact) mass is 379 g/mol. The van der Waals surface area contributed by atoms with E-state index in [0.717, 1.165) is 22.2 Å². The molecule has 1 N–H and O–H groups in total. The number of nitrogens with zero attached hydrogens (tertiary/aromatic N) is 4. The molecule has 8 nitrogen and oxygen atoms in total. The fourth-order valence-corrected chi connectivity index (χ4v) is 3.23. The number of rotatable bonds is 2. The molecule has 8 heteroatoms. The number of carbonyl (C=O) groups excluding carboxylic acids is 2. The van der Waals surface area contributed by atoms with E-state index in [1.165, 1.54) is 6.20 Å². The molecule has 4 rings (SSSR count). The molecule has 2 aromatic heterocycles. The highest BCUT2D eigenvalue weighted by Crippen LogP contribution is 2.20. The number of hydrogen-bond acceptors (Lipinski definition) is 5. The van der Waals surface area contributed by atoms with Gasteiger partial charge in [-0.2, -0.15) is 0 Å².